The number of anilines is 1. The van der Waals surface area contributed by atoms with E-state index in [1.165, 1.54) is 17.7 Å². The molecule has 0 bridgehead atoms. The van der Waals surface area contributed by atoms with Crippen molar-refractivity contribution in [2.24, 2.45) is 12.0 Å². The second kappa shape index (κ2) is 10.9. The number of benzene rings is 1. The summed E-state index contributed by atoms with van der Waals surface area (Å²) in [4.78, 5) is 43.2. The molecule has 15 heteroatoms. The topological polar surface area (TPSA) is 169 Å². The molecule has 1 aliphatic rings. The number of H-pyrrole nitrogens is 1. The third-order valence-electron chi connectivity index (χ3n) is 5.96. The van der Waals surface area contributed by atoms with Crippen LogP contribution in [0.2, 0.25) is 0 Å². The highest BCUT2D eigenvalue weighted by atomic mass is 32.2. The summed E-state index contributed by atoms with van der Waals surface area (Å²) >= 11 is 2.90. The first-order valence-corrected chi connectivity index (χ1v) is 14.0. The van der Waals surface area contributed by atoms with Crippen LogP contribution in [0.3, 0.4) is 0 Å². The van der Waals surface area contributed by atoms with Gasteiger partial charge in [-0.2, -0.15) is 5.10 Å². The number of hydrogen-bond acceptors (Lipinski definition) is 11. The van der Waals surface area contributed by atoms with Crippen LogP contribution in [0.4, 0.5) is 10.6 Å². The lowest BCUT2D eigenvalue weighted by molar-refractivity contribution is 0.252. The van der Waals surface area contributed by atoms with E-state index in [9.17, 15) is 9.59 Å². The van der Waals surface area contributed by atoms with E-state index in [2.05, 4.69) is 48.0 Å². The van der Waals surface area contributed by atoms with E-state index in [1.54, 1.807) is 35.8 Å². The van der Waals surface area contributed by atoms with Crippen LogP contribution in [-0.4, -0.2) is 58.3 Å². The number of urea groups is 1. The first kappa shape index (κ1) is 25.6. The van der Waals surface area contributed by atoms with Gasteiger partial charge in [0.1, 0.15) is 27.7 Å². The van der Waals surface area contributed by atoms with Gasteiger partial charge in [0.25, 0.3) is 5.89 Å². The Morgan fingerprint density at radius 2 is 2.08 bits per heavy atom. The molecule has 5 aromatic rings. The number of aromatic nitrogens is 7. The standard InChI is InChI=1S/C25H22N10O3S2/c1-3-26-24(36)31-17-9-14(22-30-16(11-39-22)13-7-5-4-6-8-13)15(10-27-17)23-32-18(20-28-12-29-35(20)2)19(40-23)21-33-34-25(37)38-21/h4-10,12,16H,3,11H2,1-2H3,(H,34,37)(H2,26,27,31,36). The molecule has 2 amide bonds. The van der Waals surface area contributed by atoms with E-state index >= 15 is 0 Å². The number of aliphatic imine (C=N–C) groups is 1. The van der Waals surface area contributed by atoms with E-state index in [-0.39, 0.29) is 18.0 Å². The van der Waals surface area contributed by atoms with Gasteiger partial charge in [-0.1, -0.05) is 30.3 Å². The Hall–Kier alpha value is -4.63. The molecule has 1 aliphatic heterocycles. The van der Waals surface area contributed by atoms with Gasteiger partial charge < -0.3 is 9.73 Å². The van der Waals surface area contributed by atoms with Crippen molar-refractivity contribution in [2.45, 2.75) is 13.0 Å². The Kier molecular flexibility index (Phi) is 6.96. The highest BCUT2D eigenvalue weighted by molar-refractivity contribution is 8.14. The number of rotatable bonds is 7. The van der Waals surface area contributed by atoms with Crippen molar-refractivity contribution in [3.63, 3.8) is 0 Å². The molecule has 40 heavy (non-hydrogen) atoms. The van der Waals surface area contributed by atoms with Gasteiger partial charge in [0, 0.05) is 36.7 Å². The fourth-order valence-corrected chi connectivity index (χ4v) is 6.25. The van der Waals surface area contributed by atoms with Gasteiger partial charge in [0.2, 0.25) is 0 Å². The van der Waals surface area contributed by atoms with Gasteiger partial charge in [-0.25, -0.2) is 34.3 Å². The van der Waals surface area contributed by atoms with Gasteiger partial charge >= 0.3 is 11.8 Å². The quantitative estimate of drug-likeness (QED) is 0.262. The van der Waals surface area contributed by atoms with Crippen molar-refractivity contribution in [1.29, 1.82) is 0 Å². The molecule has 0 spiro atoms. The number of carbonyl (C=O) groups is 1. The van der Waals surface area contributed by atoms with Crippen LogP contribution >= 0.6 is 23.1 Å². The van der Waals surface area contributed by atoms with Crippen molar-refractivity contribution in [2.75, 3.05) is 17.6 Å². The van der Waals surface area contributed by atoms with Crippen molar-refractivity contribution in [3.8, 4) is 32.9 Å². The molecule has 1 unspecified atom stereocenters. The van der Waals surface area contributed by atoms with E-state index in [0.29, 0.717) is 39.3 Å². The normalized spacial score (nSPS) is 14.8. The summed E-state index contributed by atoms with van der Waals surface area (Å²) < 4.78 is 6.85. The summed E-state index contributed by atoms with van der Waals surface area (Å²) in [5.41, 5.74) is 3.03. The number of thiazole rings is 1. The maximum atomic E-state index is 12.2. The summed E-state index contributed by atoms with van der Waals surface area (Å²) in [6, 6.07) is 11.5. The van der Waals surface area contributed by atoms with Gasteiger partial charge in [0.15, 0.2) is 5.82 Å². The second-order valence-corrected chi connectivity index (χ2v) is 10.6. The van der Waals surface area contributed by atoms with E-state index in [4.69, 9.17) is 14.4 Å². The zero-order valence-electron chi connectivity index (χ0n) is 21.3. The molecule has 0 aliphatic carbocycles. The maximum absolute atomic E-state index is 12.2. The Morgan fingerprint density at radius 1 is 1.23 bits per heavy atom. The minimum Gasteiger partial charge on any atom is -0.387 e. The molecule has 4 aromatic heterocycles. The van der Waals surface area contributed by atoms with E-state index in [1.807, 2.05) is 25.1 Å². The highest BCUT2D eigenvalue weighted by Crippen LogP contribution is 2.42. The monoisotopic (exact) mass is 574 g/mol. The molecule has 3 N–H and O–H groups in total. The summed E-state index contributed by atoms with van der Waals surface area (Å²) in [6.07, 6.45) is 3.07. The molecular formula is C25H22N10O3S2. The van der Waals surface area contributed by atoms with Gasteiger partial charge in [-0.05, 0) is 18.6 Å². The van der Waals surface area contributed by atoms with Gasteiger partial charge in [0.05, 0.1) is 11.1 Å². The summed E-state index contributed by atoms with van der Waals surface area (Å²) in [5, 5.41) is 17.3. The van der Waals surface area contributed by atoms with Crippen molar-refractivity contribution >= 4 is 40.0 Å². The number of carbonyl (C=O) groups excluding carboxylic acids is 1. The Labute approximate surface area is 235 Å². The number of pyridine rings is 1. The number of amides is 2. The van der Waals surface area contributed by atoms with Crippen LogP contribution in [0.15, 0.2) is 63.1 Å². The van der Waals surface area contributed by atoms with Gasteiger partial charge in [-0.15, -0.1) is 28.2 Å². The average molecular weight is 575 g/mol. The lowest BCUT2D eigenvalue weighted by Gasteiger charge is -2.10. The average Bonchev–Trinajstić information content (AvgIpc) is 3.76. The molecule has 5 heterocycles. The number of thioether (sulfide) groups is 1. The Morgan fingerprint density at radius 3 is 2.80 bits per heavy atom. The van der Waals surface area contributed by atoms with Crippen LogP contribution in [0, 0.1) is 0 Å². The summed E-state index contributed by atoms with van der Waals surface area (Å²) in [7, 11) is 1.74. The van der Waals surface area contributed by atoms with Crippen LogP contribution in [0.1, 0.15) is 24.1 Å². The minimum atomic E-state index is -0.680. The lowest BCUT2D eigenvalue weighted by Crippen LogP contribution is -2.28. The largest absolute Gasteiger partial charge is 0.434 e. The van der Waals surface area contributed by atoms with Crippen LogP contribution in [-0.2, 0) is 7.05 Å². The first-order chi connectivity index (χ1) is 19.5. The minimum absolute atomic E-state index is 0.0126. The number of nitrogens with zero attached hydrogens (tertiary/aromatic N) is 7. The zero-order chi connectivity index (χ0) is 27.6. The van der Waals surface area contributed by atoms with E-state index in [0.717, 1.165) is 21.9 Å². The fourth-order valence-electron chi connectivity index (χ4n) is 4.13. The molecule has 13 nitrogen and oxygen atoms in total. The highest BCUT2D eigenvalue weighted by Gasteiger charge is 2.28. The molecular weight excluding hydrogens is 552 g/mol. The molecule has 0 saturated carbocycles. The maximum Gasteiger partial charge on any atom is 0.434 e. The second-order valence-electron chi connectivity index (χ2n) is 8.59. The third kappa shape index (κ3) is 5.03. The predicted octanol–water partition coefficient (Wildman–Crippen LogP) is 3.72. The van der Waals surface area contributed by atoms with Crippen LogP contribution < -0.4 is 16.4 Å². The number of nitrogens with one attached hydrogen (secondary N) is 3. The smallest absolute Gasteiger partial charge is 0.387 e. The Balaban J connectivity index is 1.48. The predicted molar refractivity (Wildman–Crippen MR) is 152 cm³/mol. The summed E-state index contributed by atoms with van der Waals surface area (Å²) in [6.45, 7) is 2.32. The molecule has 202 valence electrons. The Bertz CT molecular complexity index is 1770. The van der Waals surface area contributed by atoms with E-state index < -0.39 is 5.76 Å². The molecule has 1 atom stereocenters. The van der Waals surface area contributed by atoms with Crippen molar-refractivity contribution < 1.29 is 9.21 Å². The molecule has 0 saturated heterocycles. The van der Waals surface area contributed by atoms with Crippen molar-refractivity contribution in [3.05, 3.63) is 70.6 Å². The zero-order valence-corrected chi connectivity index (χ0v) is 22.9. The molecule has 1 aromatic carbocycles. The van der Waals surface area contributed by atoms with Gasteiger partial charge in [-0.3, -0.25) is 10.3 Å². The molecule has 6 rings (SSSR count). The fraction of sp³-hybridized carbons (Fsp3) is 0.200. The van der Waals surface area contributed by atoms with Crippen LogP contribution in [0.5, 0.6) is 0 Å². The van der Waals surface area contributed by atoms with Crippen LogP contribution in [0.25, 0.3) is 32.9 Å². The van der Waals surface area contributed by atoms with Crippen molar-refractivity contribution in [1.82, 2.24) is 40.2 Å². The molecule has 0 radical (unpaired) electrons. The number of aryl methyl sites for hydroxylation is 1. The lowest BCUT2D eigenvalue weighted by atomic mass is 10.1. The number of aromatic amines is 1. The third-order valence-corrected chi connectivity index (χ3v) is 8.12. The summed E-state index contributed by atoms with van der Waals surface area (Å²) in [5.74, 6) is 1.03. The molecule has 0 fully saturated rings. The number of hydrogen-bond donors (Lipinski definition) is 3. The SMILES string of the molecule is CCNC(=O)Nc1cc(C2=NC(c3ccccc3)CS2)c(-c2nc(-c3ncnn3C)c(-c3n[nH]c(=O)o3)s2)cn1. The first-order valence-electron chi connectivity index (χ1n) is 12.2.